The second kappa shape index (κ2) is 9.19. The Labute approximate surface area is 153 Å². The summed E-state index contributed by atoms with van der Waals surface area (Å²) in [6, 6.07) is 0. The van der Waals surface area contributed by atoms with Crippen LogP contribution in [0.3, 0.4) is 0 Å². The number of fused-ring (bicyclic) bond motifs is 2. The van der Waals surface area contributed by atoms with Crippen LogP contribution in [-0.2, 0) is 13.3 Å². The van der Waals surface area contributed by atoms with Crippen LogP contribution in [0.15, 0.2) is 0 Å². The molecule has 2 aliphatic rings. The zero-order valence-electron chi connectivity index (χ0n) is 15.1. The minimum atomic E-state index is -2.69. The van der Waals surface area contributed by atoms with Crippen molar-refractivity contribution in [3.05, 3.63) is 0 Å². The summed E-state index contributed by atoms with van der Waals surface area (Å²) in [5.74, 6) is 3.00. The Hall–Kier alpha value is 1.15. The Kier molecular flexibility index (Phi) is 8.18. The van der Waals surface area contributed by atoms with Gasteiger partial charge in [-0.1, -0.05) is 13.3 Å². The number of hydrogen-bond acceptors (Lipinski definition) is 5. The van der Waals surface area contributed by atoms with Gasteiger partial charge in [-0.25, -0.2) is 0 Å². The highest BCUT2D eigenvalue weighted by Crippen LogP contribution is 2.76. The van der Waals surface area contributed by atoms with E-state index in [0.717, 1.165) is 17.1 Å². The predicted molar refractivity (Wildman–Crippen MR) is 109 cm³/mol. The molecule has 0 spiro atoms. The number of thiol groups is 1. The lowest BCUT2D eigenvalue weighted by molar-refractivity contribution is 0.0971. The third-order valence-corrected chi connectivity index (χ3v) is 21.4. The van der Waals surface area contributed by atoms with Gasteiger partial charge in [-0.3, -0.25) is 0 Å². The Balaban J connectivity index is 2.19. The average Bonchev–Trinajstić information content (AvgIpc) is 3.11. The van der Waals surface area contributed by atoms with Gasteiger partial charge in [-0.15, -0.1) is 19.8 Å². The van der Waals surface area contributed by atoms with E-state index in [1.54, 1.807) is 0 Å². The molecule has 2 fully saturated rings. The zero-order valence-corrected chi connectivity index (χ0v) is 18.6. The normalized spacial score (nSPS) is 31.3. The highest BCUT2D eigenvalue weighted by Gasteiger charge is 2.54. The van der Waals surface area contributed by atoms with Crippen molar-refractivity contribution in [2.75, 3.05) is 25.6 Å². The van der Waals surface area contributed by atoms with Gasteiger partial charge in [0.25, 0.3) is 0 Å². The summed E-state index contributed by atoms with van der Waals surface area (Å²) in [5.41, 5.74) is 0. The first kappa shape index (κ1) is 20.5. The Bertz CT molecular complexity index is 357. The minimum Gasteiger partial charge on any atom is -0.365 e. The molecule has 2 rings (SSSR count). The first-order valence-corrected chi connectivity index (χ1v) is 15.9. The van der Waals surface area contributed by atoms with Crippen LogP contribution in [0.2, 0.25) is 0 Å². The fourth-order valence-corrected chi connectivity index (χ4v) is 22.9. The van der Waals surface area contributed by atoms with Crippen molar-refractivity contribution in [3.8, 4) is 0 Å². The molecule has 0 aliphatic heterocycles. The molecule has 3 nitrogen and oxygen atoms in total. The highest BCUT2D eigenvalue weighted by atomic mass is 33.6. The molecule has 23 heavy (non-hydrogen) atoms. The monoisotopic (exact) mass is 398 g/mol. The predicted octanol–water partition coefficient (Wildman–Crippen LogP) is 5.43. The molecule has 138 valence electrons. The second-order valence-electron chi connectivity index (χ2n) is 6.49. The van der Waals surface area contributed by atoms with Crippen LogP contribution in [-0.4, -0.2) is 38.8 Å². The van der Waals surface area contributed by atoms with E-state index in [9.17, 15) is 0 Å². The van der Waals surface area contributed by atoms with Crippen molar-refractivity contribution in [2.45, 2.75) is 65.0 Å². The van der Waals surface area contributed by atoms with Crippen molar-refractivity contribution in [3.63, 3.8) is 0 Å². The summed E-state index contributed by atoms with van der Waals surface area (Å²) in [7, 11) is -1.92. The lowest BCUT2D eigenvalue weighted by Gasteiger charge is -2.46. The molecule has 0 amide bonds. The summed E-state index contributed by atoms with van der Waals surface area (Å²) in [5, 5.41) is 0.753. The van der Waals surface area contributed by atoms with Crippen LogP contribution in [0.1, 0.15) is 59.8 Å². The molecule has 0 aromatic carbocycles. The maximum Gasteiger partial charge on any atom is 0.583 e. The van der Waals surface area contributed by atoms with Gasteiger partial charge in [-0.05, 0) is 74.3 Å². The summed E-state index contributed by atoms with van der Waals surface area (Å²) in [6.07, 6.45) is 6.81. The molecule has 4 atom stereocenters. The van der Waals surface area contributed by atoms with Crippen LogP contribution in [0.25, 0.3) is 0 Å². The van der Waals surface area contributed by atoms with Crippen LogP contribution >= 0.6 is 30.0 Å². The van der Waals surface area contributed by atoms with Crippen molar-refractivity contribution in [2.24, 2.45) is 11.8 Å². The minimum absolute atomic E-state index is 0.644. The smallest absolute Gasteiger partial charge is 0.365 e. The fraction of sp³-hybridized carbons (Fsp3) is 1.00. The van der Waals surface area contributed by atoms with E-state index in [2.05, 4.69) is 6.92 Å². The molecule has 0 saturated heterocycles. The molecule has 4 unspecified atom stereocenters. The van der Waals surface area contributed by atoms with Crippen molar-refractivity contribution in [1.82, 2.24) is 0 Å². The average molecular weight is 399 g/mol. The van der Waals surface area contributed by atoms with Gasteiger partial charge >= 0.3 is 7.95 Å². The molecule has 0 N–H and O–H groups in total. The summed E-state index contributed by atoms with van der Waals surface area (Å²) < 4.78 is 18.4. The van der Waals surface area contributed by atoms with Gasteiger partial charge in [0.15, 0.2) is 0 Å². The SMILES string of the molecule is CCCS(S)(S[Si](OCC)(OCC)OCC)C1CC2CCC1C2. The lowest BCUT2D eigenvalue weighted by Crippen LogP contribution is -2.44. The maximum absolute atomic E-state index is 6.12. The molecule has 2 bridgehead atoms. The van der Waals surface area contributed by atoms with E-state index in [0.29, 0.717) is 19.8 Å². The Morgan fingerprint density at radius 1 is 1.00 bits per heavy atom. The standard InChI is InChI=1S/C16H34O3S3Si/c1-5-11-22(20,16-13-14-9-10-15(16)12-14)21-23(17-6-2,18-7-3)19-8-4/h14-16,20H,5-13H2,1-4H3. The van der Waals surface area contributed by atoms with Crippen LogP contribution < -0.4 is 0 Å². The molecule has 0 radical (unpaired) electrons. The largest absolute Gasteiger partial charge is 0.583 e. The van der Waals surface area contributed by atoms with Crippen molar-refractivity contribution in [1.29, 1.82) is 0 Å². The van der Waals surface area contributed by atoms with Crippen LogP contribution in [0.4, 0.5) is 0 Å². The topological polar surface area (TPSA) is 27.7 Å². The van der Waals surface area contributed by atoms with Gasteiger partial charge < -0.3 is 13.3 Å². The Morgan fingerprint density at radius 2 is 1.61 bits per heavy atom. The number of hydrogen-bond donors (Lipinski definition) is 1. The zero-order chi connectivity index (χ0) is 16.9. The van der Waals surface area contributed by atoms with Gasteiger partial charge in [0.2, 0.25) is 0 Å². The second-order valence-corrected chi connectivity index (χ2v) is 18.9. The van der Waals surface area contributed by atoms with Crippen molar-refractivity contribution < 1.29 is 13.3 Å². The highest BCUT2D eigenvalue weighted by molar-refractivity contribution is 9.26. The van der Waals surface area contributed by atoms with Gasteiger partial charge in [0.05, 0.1) is 0 Å². The molecule has 7 heteroatoms. The third kappa shape index (κ3) is 4.86. The van der Waals surface area contributed by atoms with Gasteiger partial charge in [0.1, 0.15) is 0 Å². The molecule has 2 saturated carbocycles. The molecule has 2 aliphatic carbocycles. The van der Waals surface area contributed by atoms with Gasteiger partial charge in [-0.2, -0.15) is 0 Å². The van der Waals surface area contributed by atoms with E-state index >= 15 is 0 Å². The summed E-state index contributed by atoms with van der Waals surface area (Å²) in [4.78, 5) is 0. The van der Waals surface area contributed by atoms with Gasteiger partial charge in [0, 0.05) is 25.1 Å². The lowest BCUT2D eigenvalue weighted by atomic mass is 10.0. The van der Waals surface area contributed by atoms with Crippen LogP contribution in [0.5, 0.6) is 0 Å². The first-order valence-electron chi connectivity index (χ1n) is 9.17. The number of rotatable bonds is 11. The molecule has 0 aromatic rings. The van der Waals surface area contributed by atoms with E-state index in [-0.39, 0.29) is 0 Å². The summed E-state index contributed by atoms with van der Waals surface area (Å²) in [6.45, 7) is 10.3. The molecule has 0 aromatic heterocycles. The fourth-order valence-electron chi connectivity index (χ4n) is 4.09. The quantitative estimate of drug-likeness (QED) is 0.285. The van der Waals surface area contributed by atoms with E-state index in [1.165, 1.54) is 37.9 Å². The van der Waals surface area contributed by atoms with E-state index in [1.807, 2.05) is 31.0 Å². The maximum atomic E-state index is 6.12. The first-order chi connectivity index (χ1) is 11.0. The van der Waals surface area contributed by atoms with Crippen LogP contribution in [0, 0.1) is 11.8 Å². The molecule has 0 heterocycles. The molecular weight excluding hydrogens is 364 g/mol. The van der Waals surface area contributed by atoms with Crippen molar-refractivity contribution >= 4 is 37.9 Å². The molecular formula is C16H34O3S3Si. The third-order valence-electron chi connectivity index (χ3n) is 4.85. The van der Waals surface area contributed by atoms with E-state index in [4.69, 9.17) is 24.9 Å². The van der Waals surface area contributed by atoms with E-state index < -0.39 is 16.0 Å². The summed E-state index contributed by atoms with van der Waals surface area (Å²) >= 11 is 5.34. The Morgan fingerprint density at radius 3 is 2.00 bits per heavy atom.